The number of rotatable bonds is 4. The number of Topliss-reactive ketones (excluding diaryl/α,β-unsaturated/α-hetero) is 1. The molecule has 0 radical (unpaired) electrons. The fourth-order valence-corrected chi connectivity index (χ4v) is 5.17. The van der Waals surface area contributed by atoms with E-state index in [1.807, 2.05) is 26.0 Å². The molecule has 4 aromatic rings. The van der Waals surface area contributed by atoms with Crippen molar-refractivity contribution in [2.24, 2.45) is 0 Å². The number of aliphatic hydroxyl groups is 1. The molecule has 0 aliphatic carbocycles. The van der Waals surface area contributed by atoms with Crippen LogP contribution in [0.1, 0.15) is 33.3 Å². The molecule has 0 unspecified atom stereocenters. The lowest BCUT2D eigenvalue weighted by Gasteiger charge is -2.24. The third-order valence-corrected chi connectivity index (χ3v) is 6.41. The molecule has 0 spiro atoms. The highest BCUT2D eigenvalue weighted by molar-refractivity contribution is 7.22. The molecular formula is C24H17FN2O4S. The fraction of sp³-hybridized carbons (Fsp3) is 0.125. The van der Waals surface area contributed by atoms with Gasteiger partial charge in [0.1, 0.15) is 5.82 Å². The van der Waals surface area contributed by atoms with E-state index in [0.717, 1.165) is 21.3 Å². The number of fused-ring (bicyclic) bond motifs is 1. The van der Waals surface area contributed by atoms with Gasteiger partial charge in [-0.1, -0.05) is 29.5 Å². The molecular weight excluding hydrogens is 431 g/mol. The quantitative estimate of drug-likeness (QED) is 0.421. The molecule has 8 heteroatoms. The van der Waals surface area contributed by atoms with Gasteiger partial charge in [-0.15, -0.1) is 0 Å². The number of halogens is 1. The molecule has 0 saturated heterocycles. The van der Waals surface area contributed by atoms with Crippen LogP contribution in [0.4, 0.5) is 9.52 Å². The van der Waals surface area contributed by atoms with Crippen LogP contribution in [0.3, 0.4) is 0 Å². The number of nitrogens with zero attached hydrogens (tertiary/aromatic N) is 2. The van der Waals surface area contributed by atoms with Crippen molar-refractivity contribution in [2.75, 3.05) is 4.90 Å². The minimum Gasteiger partial charge on any atom is -0.503 e. The number of aromatic nitrogens is 1. The summed E-state index contributed by atoms with van der Waals surface area (Å²) in [5.74, 6) is -2.51. The zero-order valence-electron chi connectivity index (χ0n) is 17.1. The maximum atomic E-state index is 13.6. The molecule has 0 saturated carbocycles. The molecule has 1 aliphatic rings. The van der Waals surface area contributed by atoms with Crippen molar-refractivity contribution in [3.63, 3.8) is 0 Å². The average Bonchev–Trinajstić information content (AvgIpc) is 3.48. The number of thiazole rings is 1. The molecule has 160 valence electrons. The van der Waals surface area contributed by atoms with Crippen LogP contribution in [0.15, 0.2) is 70.5 Å². The van der Waals surface area contributed by atoms with Crippen molar-refractivity contribution in [1.29, 1.82) is 0 Å². The van der Waals surface area contributed by atoms with E-state index >= 15 is 0 Å². The minimum absolute atomic E-state index is 0.0101. The second-order valence-electron chi connectivity index (χ2n) is 7.62. The Bertz CT molecular complexity index is 1400. The summed E-state index contributed by atoms with van der Waals surface area (Å²) in [6.45, 7) is 3.91. The van der Waals surface area contributed by atoms with Gasteiger partial charge < -0.3 is 9.52 Å². The number of furan rings is 1. The Morgan fingerprint density at radius 3 is 2.62 bits per heavy atom. The van der Waals surface area contributed by atoms with E-state index in [9.17, 15) is 19.1 Å². The SMILES string of the molecule is Cc1cc(C)c2nc(N3C(=O)C(O)=C(C(=O)c4ccco4)[C@H]3c3ccc(F)cc3)sc2c1. The third kappa shape index (κ3) is 3.11. The molecule has 1 atom stereocenters. The summed E-state index contributed by atoms with van der Waals surface area (Å²) in [6, 6.07) is 11.4. The van der Waals surface area contributed by atoms with Crippen molar-refractivity contribution >= 4 is 38.4 Å². The van der Waals surface area contributed by atoms with E-state index in [1.165, 1.54) is 52.8 Å². The molecule has 1 N–H and O–H groups in total. The minimum atomic E-state index is -0.984. The topological polar surface area (TPSA) is 83.6 Å². The number of carbonyl (C=O) groups excluding carboxylic acids is 2. The highest BCUT2D eigenvalue weighted by Gasteiger charge is 2.46. The van der Waals surface area contributed by atoms with Gasteiger partial charge in [0.05, 0.1) is 28.1 Å². The predicted octanol–water partition coefficient (Wildman–Crippen LogP) is 5.43. The van der Waals surface area contributed by atoms with Gasteiger partial charge in [-0.05, 0) is 60.9 Å². The number of amides is 1. The van der Waals surface area contributed by atoms with Crippen molar-refractivity contribution in [1.82, 2.24) is 4.98 Å². The van der Waals surface area contributed by atoms with Crippen LogP contribution in [-0.4, -0.2) is 21.8 Å². The van der Waals surface area contributed by atoms with Gasteiger partial charge in [-0.2, -0.15) is 0 Å². The summed E-state index contributed by atoms with van der Waals surface area (Å²) in [5, 5.41) is 11.1. The first kappa shape index (κ1) is 20.1. The Hall–Kier alpha value is -3.78. The average molecular weight is 448 g/mol. The highest BCUT2D eigenvalue weighted by Crippen LogP contribution is 2.44. The van der Waals surface area contributed by atoms with E-state index in [0.29, 0.717) is 10.7 Å². The molecule has 3 heterocycles. The zero-order chi connectivity index (χ0) is 22.6. The molecule has 1 amide bonds. The number of hydrogen-bond donors (Lipinski definition) is 1. The second-order valence-corrected chi connectivity index (χ2v) is 8.63. The van der Waals surface area contributed by atoms with Crippen molar-refractivity contribution in [3.8, 4) is 0 Å². The molecule has 32 heavy (non-hydrogen) atoms. The van der Waals surface area contributed by atoms with Gasteiger partial charge in [-0.3, -0.25) is 14.5 Å². The van der Waals surface area contributed by atoms with Crippen LogP contribution in [0.5, 0.6) is 0 Å². The van der Waals surface area contributed by atoms with E-state index in [1.54, 1.807) is 6.07 Å². The standard InChI is InChI=1S/C24H17FN2O4S/c1-12-10-13(2)19-17(11-12)32-24(26-19)27-20(14-5-7-15(25)8-6-14)18(22(29)23(27)30)21(28)16-4-3-9-31-16/h3-11,20,29H,1-2H3/t20-/m1/s1. The Balaban J connectivity index is 1.70. The maximum absolute atomic E-state index is 13.6. The molecule has 1 aliphatic heterocycles. The second kappa shape index (κ2) is 7.42. The van der Waals surface area contributed by atoms with Crippen molar-refractivity contribution in [2.45, 2.75) is 19.9 Å². The number of ketones is 1. The molecule has 2 aromatic carbocycles. The Kier molecular flexibility index (Phi) is 4.67. The smallest absolute Gasteiger partial charge is 0.296 e. The van der Waals surface area contributed by atoms with E-state index < -0.39 is 29.3 Å². The number of anilines is 1. The van der Waals surface area contributed by atoms with Gasteiger partial charge in [0.2, 0.25) is 5.78 Å². The number of benzene rings is 2. The first-order valence-electron chi connectivity index (χ1n) is 9.83. The summed E-state index contributed by atoms with van der Waals surface area (Å²) in [4.78, 5) is 32.3. The Labute approximate surface area is 186 Å². The van der Waals surface area contributed by atoms with E-state index in [2.05, 4.69) is 4.98 Å². The van der Waals surface area contributed by atoms with Crippen LogP contribution in [0.2, 0.25) is 0 Å². The van der Waals surface area contributed by atoms with Gasteiger partial charge in [0.25, 0.3) is 5.91 Å². The third-order valence-electron chi connectivity index (χ3n) is 5.41. The van der Waals surface area contributed by atoms with Crippen LogP contribution in [0, 0.1) is 19.7 Å². The van der Waals surface area contributed by atoms with E-state index in [-0.39, 0.29) is 11.3 Å². The largest absolute Gasteiger partial charge is 0.503 e. The summed E-state index contributed by atoms with van der Waals surface area (Å²) in [7, 11) is 0. The van der Waals surface area contributed by atoms with Crippen molar-refractivity contribution in [3.05, 3.63) is 94.4 Å². The number of hydrogen-bond acceptors (Lipinski definition) is 6. The number of aryl methyl sites for hydroxylation is 2. The zero-order valence-corrected chi connectivity index (χ0v) is 17.9. The van der Waals surface area contributed by atoms with Gasteiger partial charge >= 0.3 is 0 Å². The van der Waals surface area contributed by atoms with Gasteiger partial charge in [0.15, 0.2) is 16.7 Å². The lowest BCUT2D eigenvalue weighted by Crippen LogP contribution is -2.31. The monoisotopic (exact) mass is 448 g/mol. The lowest BCUT2D eigenvalue weighted by atomic mass is 9.95. The highest BCUT2D eigenvalue weighted by atomic mass is 32.1. The maximum Gasteiger partial charge on any atom is 0.296 e. The normalized spacial score (nSPS) is 16.4. The first-order chi connectivity index (χ1) is 15.3. The van der Waals surface area contributed by atoms with E-state index in [4.69, 9.17) is 4.42 Å². The molecule has 6 nitrogen and oxygen atoms in total. The van der Waals surface area contributed by atoms with Crippen LogP contribution >= 0.6 is 11.3 Å². The molecule has 0 fully saturated rings. The predicted molar refractivity (Wildman–Crippen MR) is 118 cm³/mol. The summed E-state index contributed by atoms with van der Waals surface area (Å²) in [5.41, 5.74) is 3.08. The van der Waals surface area contributed by atoms with Crippen molar-refractivity contribution < 1.29 is 23.5 Å². The Morgan fingerprint density at radius 1 is 1.19 bits per heavy atom. The summed E-state index contributed by atoms with van der Waals surface area (Å²) in [6.07, 6.45) is 1.34. The molecule has 5 rings (SSSR count). The summed E-state index contributed by atoms with van der Waals surface area (Å²) >= 11 is 1.29. The molecule has 2 aromatic heterocycles. The molecule has 0 bridgehead atoms. The van der Waals surface area contributed by atoms with Crippen LogP contribution in [0.25, 0.3) is 10.2 Å². The number of aliphatic hydroxyl groups excluding tert-OH is 1. The lowest BCUT2D eigenvalue weighted by molar-refractivity contribution is -0.117. The Morgan fingerprint density at radius 2 is 1.94 bits per heavy atom. The summed E-state index contributed by atoms with van der Waals surface area (Å²) < 4.78 is 19.7. The van der Waals surface area contributed by atoms with Gasteiger partial charge in [-0.25, -0.2) is 9.37 Å². The fourth-order valence-electron chi connectivity index (χ4n) is 4.00. The van der Waals surface area contributed by atoms with Crippen LogP contribution in [-0.2, 0) is 4.79 Å². The first-order valence-corrected chi connectivity index (χ1v) is 10.6. The number of carbonyl (C=O) groups is 2. The van der Waals surface area contributed by atoms with Crippen LogP contribution < -0.4 is 4.90 Å². The van der Waals surface area contributed by atoms with Gasteiger partial charge in [0, 0.05) is 0 Å².